The Morgan fingerprint density at radius 3 is 2.76 bits per heavy atom. The van der Waals surface area contributed by atoms with E-state index in [2.05, 4.69) is 4.90 Å². The van der Waals surface area contributed by atoms with E-state index in [9.17, 15) is 9.59 Å². The summed E-state index contributed by atoms with van der Waals surface area (Å²) in [5.41, 5.74) is 1.40. The summed E-state index contributed by atoms with van der Waals surface area (Å²) >= 11 is 0. The lowest BCUT2D eigenvalue weighted by molar-refractivity contribution is 0.0960. The minimum atomic E-state index is -0.848. The van der Waals surface area contributed by atoms with Crippen LogP contribution in [0.2, 0.25) is 0 Å². The summed E-state index contributed by atoms with van der Waals surface area (Å²) in [6, 6.07) is 3.53. The minimum Gasteiger partial charge on any atom is -0.496 e. The molecule has 3 rings (SSSR count). The Morgan fingerprint density at radius 1 is 1.32 bits per heavy atom. The Hall–Kier alpha value is -2.54. The van der Waals surface area contributed by atoms with Crippen LogP contribution in [0, 0.1) is 0 Å². The first-order valence-electron chi connectivity index (χ1n) is 8.34. The van der Waals surface area contributed by atoms with Gasteiger partial charge in [0.1, 0.15) is 11.5 Å². The van der Waals surface area contributed by atoms with Gasteiger partial charge in [-0.3, -0.25) is 9.69 Å². The van der Waals surface area contributed by atoms with Crippen LogP contribution in [0.3, 0.4) is 0 Å². The van der Waals surface area contributed by atoms with Gasteiger partial charge in [0.2, 0.25) is 5.78 Å². The molecule has 1 aromatic carbocycles. The van der Waals surface area contributed by atoms with Crippen LogP contribution in [-0.2, 0) is 0 Å². The molecule has 0 spiro atoms. The van der Waals surface area contributed by atoms with Gasteiger partial charge in [0.05, 0.1) is 18.2 Å². The molecular formula is C18H22N2O5. The molecule has 1 saturated heterocycles. The number of amides is 1. The van der Waals surface area contributed by atoms with Crippen molar-refractivity contribution < 1.29 is 24.2 Å². The third kappa shape index (κ3) is 3.76. The molecule has 2 aliphatic heterocycles. The number of carboxylic acid groups (broad SMARTS) is 1. The van der Waals surface area contributed by atoms with Crippen LogP contribution in [0.1, 0.15) is 22.3 Å². The van der Waals surface area contributed by atoms with Crippen molar-refractivity contribution >= 4 is 18.0 Å². The normalized spacial score (nSPS) is 17.6. The molecule has 134 valence electrons. The molecule has 2 aliphatic rings. The van der Waals surface area contributed by atoms with Gasteiger partial charge in [-0.2, -0.15) is 0 Å². The lowest BCUT2D eigenvalue weighted by atomic mass is 10.1. The second-order valence-corrected chi connectivity index (χ2v) is 6.07. The highest BCUT2D eigenvalue weighted by atomic mass is 16.5. The van der Waals surface area contributed by atoms with Crippen LogP contribution in [0.4, 0.5) is 4.79 Å². The maximum Gasteiger partial charge on any atom is 0.407 e. The van der Waals surface area contributed by atoms with Crippen LogP contribution < -0.4 is 9.47 Å². The first-order chi connectivity index (χ1) is 12.1. The molecule has 1 aromatic rings. The van der Waals surface area contributed by atoms with E-state index in [1.165, 1.54) is 4.90 Å². The fourth-order valence-electron chi connectivity index (χ4n) is 3.13. The lowest BCUT2D eigenvalue weighted by Crippen LogP contribution is -2.48. The van der Waals surface area contributed by atoms with E-state index in [1.54, 1.807) is 19.2 Å². The Morgan fingerprint density at radius 2 is 2.08 bits per heavy atom. The molecule has 1 N–H and O–H groups in total. The van der Waals surface area contributed by atoms with Gasteiger partial charge in [0.25, 0.3) is 0 Å². The van der Waals surface area contributed by atoms with Crippen molar-refractivity contribution in [2.45, 2.75) is 6.42 Å². The predicted octanol–water partition coefficient (Wildman–Crippen LogP) is 1.97. The number of rotatable bonds is 5. The standard InChI is InChI=1S/C18H22N2O5/c1-24-16-6-5-13-15(21)12-25-17(13)14(16)4-2-3-7-19-8-10-20(11-9-19)18(22)23/h2,4-6H,3,7-12H2,1H3,(H,22,23)/b4-2-. The van der Waals surface area contributed by atoms with E-state index in [0.29, 0.717) is 30.2 Å². The van der Waals surface area contributed by atoms with E-state index in [1.807, 2.05) is 12.2 Å². The van der Waals surface area contributed by atoms with Gasteiger partial charge in [-0.1, -0.05) is 12.2 Å². The van der Waals surface area contributed by atoms with Crippen LogP contribution in [0.15, 0.2) is 18.2 Å². The van der Waals surface area contributed by atoms with Gasteiger partial charge in [0, 0.05) is 32.7 Å². The summed E-state index contributed by atoms with van der Waals surface area (Å²) < 4.78 is 10.9. The summed E-state index contributed by atoms with van der Waals surface area (Å²) in [7, 11) is 1.60. The van der Waals surface area contributed by atoms with E-state index in [0.717, 1.165) is 31.6 Å². The Labute approximate surface area is 146 Å². The van der Waals surface area contributed by atoms with Crippen LogP contribution in [-0.4, -0.2) is 73.2 Å². The van der Waals surface area contributed by atoms with Gasteiger partial charge < -0.3 is 19.5 Å². The van der Waals surface area contributed by atoms with Crippen LogP contribution in [0.25, 0.3) is 6.08 Å². The molecule has 0 aliphatic carbocycles. The van der Waals surface area contributed by atoms with Crippen molar-refractivity contribution in [3.05, 3.63) is 29.3 Å². The molecule has 0 saturated carbocycles. The van der Waals surface area contributed by atoms with Gasteiger partial charge in [0.15, 0.2) is 6.61 Å². The van der Waals surface area contributed by atoms with E-state index < -0.39 is 6.09 Å². The lowest BCUT2D eigenvalue weighted by Gasteiger charge is -2.32. The number of hydrogen-bond acceptors (Lipinski definition) is 5. The molecule has 0 atom stereocenters. The number of methoxy groups -OCH3 is 1. The number of benzene rings is 1. The smallest absolute Gasteiger partial charge is 0.407 e. The predicted molar refractivity (Wildman–Crippen MR) is 92.5 cm³/mol. The monoisotopic (exact) mass is 346 g/mol. The van der Waals surface area contributed by atoms with Crippen molar-refractivity contribution in [3.63, 3.8) is 0 Å². The summed E-state index contributed by atoms with van der Waals surface area (Å²) in [4.78, 5) is 26.4. The number of carbonyl (C=O) groups excluding carboxylic acids is 1. The Bertz CT molecular complexity index is 693. The Kier molecular flexibility index (Phi) is 5.23. The van der Waals surface area contributed by atoms with Crippen molar-refractivity contribution in [2.24, 2.45) is 0 Å². The zero-order valence-electron chi connectivity index (χ0n) is 14.2. The zero-order chi connectivity index (χ0) is 17.8. The second kappa shape index (κ2) is 7.57. The second-order valence-electron chi connectivity index (χ2n) is 6.07. The summed E-state index contributed by atoms with van der Waals surface area (Å²) in [5, 5.41) is 8.96. The SMILES string of the molecule is COc1ccc2c(c1/C=C\CCN1CCN(C(=O)O)CC1)OCC2=O. The molecular weight excluding hydrogens is 324 g/mol. The topological polar surface area (TPSA) is 79.3 Å². The maximum atomic E-state index is 11.8. The van der Waals surface area contributed by atoms with E-state index in [4.69, 9.17) is 14.6 Å². The van der Waals surface area contributed by atoms with E-state index in [-0.39, 0.29) is 12.4 Å². The van der Waals surface area contributed by atoms with Gasteiger partial charge in [-0.15, -0.1) is 0 Å². The number of nitrogens with zero attached hydrogens (tertiary/aromatic N) is 2. The van der Waals surface area contributed by atoms with Gasteiger partial charge in [-0.05, 0) is 18.6 Å². The van der Waals surface area contributed by atoms with Gasteiger partial charge >= 0.3 is 6.09 Å². The first kappa shape index (κ1) is 17.3. The maximum absolute atomic E-state index is 11.8. The average molecular weight is 346 g/mol. The number of piperazine rings is 1. The molecule has 1 fully saturated rings. The largest absolute Gasteiger partial charge is 0.496 e. The summed E-state index contributed by atoms with van der Waals surface area (Å²) in [6.45, 7) is 3.55. The van der Waals surface area contributed by atoms with Crippen molar-refractivity contribution in [1.29, 1.82) is 0 Å². The fourth-order valence-corrected chi connectivity index (χ4v) is 3.13. The molecule has 7 heteroatoms. The number of fused-ring (bicyclic) bond motifs is 1. The van der Waals surface area contributed by atoms with Crippen molar-refractivity contribution in [1.82, 2.24) is 9.80 Å². The number of Topliss-reactive ketones (excluding diaryl/α,β-unsaturated/α-hetero) is 1. The number of ketones is 1. The van der Waals surface area contributed by atoms with Crippen molar-refractivity contribution in [2.75, 3.05) is 46.4 Å². The summed E-state index contributed by atoms with van der Waals surface area (Å²) in [6.07, 6.45) is 3.95. The molecule has 25 heavy (non-hydrogen) atoms. The molecule has 1 amide bonds. The number of carbonyl (C=O) groups is 2. The number of hydrogen-bond donors (Lipinski definition) is 1. The van der Waals surface area contributed by atoms with E-state index >= 15 is 0 Å². The molecule has 0 radical (unpaired) electrons. The van der Waals surface area contributed by atoms with Crippen LogP contribution in [0.5, 0.6) is 11.5 Å². The zero-order valence-corrected chi connectivity index (χ0v) is 14.2. The highest BCUT2D eigenvalue weighted by molar-refractivity contribution is 6.03. The average Bonchev–Trinajstić information content (AvgIpc) is 3.00. The number of ether oxygens (including phenoxy) is 2. The summed E-state index contributed by atoms with van der Waals surface area (Å²) in [5.74, 6) is 1.26. The van der Waals surface area contributed by atoms with Gasteiger partial charge in [-0.25, -0.2) is 4.79 Å². The highest BCUT2D eigenvalue weighted by Crippen LogP contribution is 2.37. The molecule has 0 aromatic heterocycles. The third-order valence-electron chi connectivity index (χ3n) is 4.56. The highest BCUT2D eigenvalue weighted by Gasteiger charge is 2.25. The molecule has 0 unspecified atom stereocenters. The Balaban J connectivity index is 1.58. The molecule has 7 nitrogen and oxygen atoms in total. The molecule has 0 bridgehead atoms. The quantitative estimate of drug-likeness (QED) is 0.878. The third-order valence-corrected chi connectivity index (χ3v) is 4.56. The van der Waals surface area contributed by atoms with Crippen LogP contribution >= 0.6 is 0 Å². The minimum absolute atomic E-state index is 0.0106. The fraction of sp³-hybridized carbons (Fsp3) is 0.444. The first-order valence-corrected chi connectivity index (χ1v) is 8.34. The molecule has 2 heterocycles. The van der Waals surface area contributed by atoms with Crippen molar-refractivity contribution in [3.8, 4) is 11.5 Å².